The summed E-state index contributed by atoms with van der Waals surface area (Å²) < 4.78 is 149. The van der Waals surface area contributed by atoms with Crippen LogP contribution in [0.25, 0.3) is 38.9 Å². The molecule has 0 radical (unpaired) electrons. The standard InChI is InChI=1S/C35H47F2N3O7.C35H45F2N3O7.C35H44FN3O7.5CH4/c2*1-19-26-18-40(28(19)32(43)47-34(5,6)7)31(42)22(33(2,3)4)17-27(41)45-25-15-20(25)11-9-10-14-35(36,37)29-30(46-26)39-24-16-21(44-8)12-13-23(24)38-29;1-19-27-18-39(30(19)33(42)46-35(5,6)7)32(41)22(34(2,3)4)17-28(40)44-26-15-20(26)11-9-10-12-23(36)29-31(45-27)38-25-16-21(43-8)13-14-24(25)37-29;;;;;/h12-13,16,19-20,22,25-26,28H,9-11,14-15,17-18H2,1-8H3;10,12-14,16,19-20,22,25-26,28H,9,11,15,17-18H2,1-8H3;9-10,12-14,16,19-20,22,26-27,30H,11,15,17-18H2,1-8H3;5*1H4/b;14-10+;10-9+,23-12-;;;;;/t2*19-,20-,22-,25-,26+,28+;19-,20-,22-,26-,27+,30+;;;;;/m111...../s1. The SMILES string of the molecule is C.C.C.C.C.COc1ccc2nc3c(nc2c1)O[C@H]1CN(C(=O)[C@H](C(C)(C)C)CC(=O)O[C@@H]2C[C@H]2C/C=C/C=C/3F)[C@H](C(=O)OC(C)(C)C)[C@@H]1C.COc1ccc2nc3c(nc2c1)O[C@H]1CN(C(=O)[C@H](C(C)(C)C)CC(=O)O[C@@H]2C[C@H]2CC/C=C/C3(F)F)[C@H](C(=O)OC(C)(C)C)[C@@H]1C.COc1ccc2nc3c(nc2c1)O[C@H]1CN(C(=O)[C@H](C(C)(C)C)CC(=O)O[C@@H]2C[C@H]2CCCCC3(F)F)[C@H](C(=O)OC(C)(C)C)[C@@H]1C. The third-order valence-electron chi connectivity index (χ3n) is 27.1. The Kier molecular flexibility index (Phi) is 38.0. The van der Waals surface area contributed by atoms with E-state index in [0.717, 1.165) is 6.08 Å². The average molecular weight is 2040 g/mol. The molecule has 3 amide bonds. The summed E-state index contributed by atoms with van der Waals surface area (Å²) in [6, 6.07) is 11.4. The lowest BCUT2D eigenvalue weighted by atomic mass is 9.77. The molecule has 35 heteroatoms. The zero-order valence-corrected chi connectivity index (χ0v) is 84.8. The summed E-state index contributed by atoms with van der Waals surface area (Å²) >= 11 is 0. The molecule has 0 unspecified atom stereocenters. The fourth-order valence-electron chi connectivity index (χ4n) is 18.8. The fraction of sp³-hybridized carbons (Fsp3) is 0.645. The van der Waals surface area contributed by atoms with Gasteiger partial charge in [-0.1, -0.05) is 145 Å². The molecule has 0 N–H and O–H groups in total. The van der Waals surface area contributed by atoms with Crippen LogP contribution < -0.4 is 28.4 Å². The van der Waals surface area contributed by atoms with Crippen molar-refractivity contribution in [2.45, 2.75) is 349 Å². The van der Waals surface area contributed by atoms with E-state index in [-0.39, 0.29) is 158 Å². The fourth-order valence-corrected chi connectivity index (χ4v) is 18.8. The number of rotatable bonds is 6. The van der Waals surface area contributed by atoms with Gasteiger partial charge in [-0.25, -0.2) is 48.7 Å². The molecule has 3 aliphatic carbocycles. The Hall–Kier alpha value is -11.4. The highest BCUT2D eigenvalue weighted by Crippen LogP contribution is 2.49. The van der Waals surface area contributed by atoms with E-state index in [9.17, 15) is 43.2 Å². The number of amides is 3. The van der Waals surface area contributed by atoms with E-state index in [1.165, 1.54) is 48.2 Å². The summed E-state index contributed by atoms with van der Waals surface area (Å²) in [7, 11) is 4.51. The van der Waals surface area contributed by atoms with Gasteiger partial charge in [0.2, 0.25) is 35.4 Å². The molecular weight excluding hydrogens is 1880 g/mol. The first kappa shape index (κ1) is 119. The molecule has 18 atom stereocenters. The highest BCUT2D eigenvalue weighted by atomic mass is 19.3. The van der Waals surface area contributed by atoms with Crippen molar-refractivity contribution in [3.8, 4) is 34.9 Å². The van der Waals surface area contributed by atoms with Gasteiger partial charge >= 0.3 is 41.7 Å². The van der Waals surface area contributed by atoms with Crippen molar-refractivity contribution >= 4 is 92.5 Å². The van der Waals surface area contributed by atoms with Gasteiger partial charge < -0.3 is 71.5 Å². The average Bonchev–Trinajstić information content (AvgIpc) is 1.63. The largest absolute Gasteiger partial charge is 0.497 e. The molecule has 3 aromatic carbocycles. The number of halogens is 5. The van der Waals surface area contributed by atoms with Crippen molar-refractivity contribution < 1.29 is 122 Å². The Morgan fingerprint density at radius 2 is 0.745 bits per heavy atom. The van der Waals surface area contributed by atoms with Crippen LogP contribution in [0.4, 0.5) is 22.0 Å². The van der Waals surface area contributed by atoms with E-state index in [0.29, 0.717) is 85.2 Å². The predicted octanol–water partition coefficient (Wildman–Crippen LogP) is 21.2. The molecule has 6 fully saturated rings. The number of fused-ring (bicyclic) bond motifs is 15. The molecule has 15 rings (SSSR count). The molecule has 3 saturated heterocycles. The first-order chi connectivity index (χ1) is 65.3. The lowest BCUT2D eigenvalue weighted by Gasteiger charge is -2.35. The van der Waals surface area contributed by atoms with E-state index in [1.54, 1.807) is 144 Å². The lowest BCUT2D eigenvalue weighted by molar-refractivity contribution is -0.167. The summed E-state index contributed by atoms with van der Waals surface area (Å²) in [6.45, 7) is 37.3. The van der Waals surface area contributed by atoms with E-state index in [1.807, 2.05) is 68.4 Å². The number of alkyl halides is 4. The minimum Gasteiger partial charge on any atom is -0.497 e. The number of ether oxygens (including phenoxy) is 12. The Morgan fingerprint density at radius 1 is 0.407 bits per heavy atom. The van der Waals surface area contributed by atoms with Crippen LogP contribution in [-0.2, 0) is 83.4 Å². The van der Waals surface area contributed by atoms with Gasteiger partial charge in [-0.05, 0) is 190 Å². The Morgan fingerprint density at radius 3 is 1.12 bits per heavy atom. The Labute approximate surface area is 851 Å². The molecule has 6 aromatic rings. The molecule has 9 aliphatic rings. The van der Waals surface area contributed by atoms with Gasteiger partial charge in [-0.2, -0.15) is 17.6 Å². The second kappa shape index (κ2) is 46.3. The van der Waals surface area contributed by atoms with Crippen LogP contribution in [0.2, 0.25) is 0 Å². The molecule has 3 aromatic heterocycles. The maximum absolute atomic E-state index is 16.0. The van der Waals surface area contributed by atoms with Crippen LogP contribution in [0.5, 0.6) is 34.9 Å². The molecule has 0 spiro atoms. The number of hydrogen-bond acceptors (Lipinski definition) is 27. The maximum atomic E-state index is 16.0. The topological polar surface area (TPSA) is 351 Å². The van der Waals surface area contributed by atoms with E-state index in [2.05, 4.69) is 29.9 Å². The summed E-state index contributed by atoms with van der Waals surface area (Å²) in [4.78, 5) is 155. The second-order valence-electron chi connectivity index (χ2n) is 44.8. The van der Waals surface area contributed by atoms with Crippen molar-refractivity contribution in [1.29, 1.82) is 0 Å². The number of nitrogens with zero attached hydrogens (tertiary/aromatic N) is 9. The minimum atomic E-state index is -3.56. The third kappa shape index (κ3) is 28.9. The zero-order chi connectivity index (χ0) is 102. The van der Waals surface area contributed by atoms with Gasteiger partial charge in [0.15, 0.2) is 22.9 Å². The van der Waals surface area contributed by atoms with Crippen LogP contribution in [0.1, 0.15) is 283 Å². The highest BCUT2D eigenvalue weighted by Gasteiger charge is 2.58. The van der Waals surface area contributed by atoms with Crippen LogP contribution in [-0.4, -0.2) is 211 Å². The number of carbonyl (C=O) groups is 9. The lowest BCUT2D eigenvalue weighted by Crippen LogP contribution is -2.50. The number of benzene rings is 3. The van der Waals surface area contributed by atoms with Crippen molar-refractivity contribution in [3.63, 3.8) is 0 Å². The van der Waals surface area contributed by atoms with E-state index in [4.69, 9.17) is 56.8 Å². The van der Waals surface area contributed by atoms with E-state index >= 15 is 22.0 Å². The monoisotopic (exact) mass is 2030 g/mol. The molecule has 802 valence electrons. The van der Waals surface area contributed by atoms with Gasteiger partial charge in [-0.3, -0.25) is 28.8 Å². The second-order valence-corrected chi connectivity index (χ2v) is 44.8. The first-order valence-electron chi connectivity index (χ1n) is 48.5. The molecular formula is C110H156F5N9O21. The molecule has 6 bridgehead atoms. The molecule has 30 nitrogen and oxygen atoms in total. The normalized spacial score (nSPS) is 28.0. The summed E-state index contributed by atoms with van der Waals surface area (Å²) in [5, 5.41) is 0. The number of hydrogen-bond donors (Lipinski definition) is 0. The quantitative estimate of drug-likeness (QED) is 0.0647. The number of carbonyl (C=O) groups excluding carboxylic acids is 9. The number of methoxy groups -OCH3 is 3. The van der Waals surface area contributed by atoms with Crippen molar-refractivity contribution in [2.75, 3.05) is 41.0 Å². The molecule has 3 saturated carbocycles. The maximum Gasteiger partial charge on any atom is 0.329 e. The Balaban J connectivity index is 0.000000261. The minimum absolute atomic E-state index is 0. The third-order valence-corrected chi connectivity index (χ3v) is 27.1. The summed E-state index contributed by atoms with van der Waals surface area (Å²) in [5.41, 5.74) is -3.95. The zero-order valence-electron chi connectivity index (χ0n) is 84.8. The molecule has 145 heavy (non-hydrogen) atoms. The molecule has 9 heterocycles. The number of esters is 6. The van der Waals surface area contributed by atoms with Crippen LogP contribution >= 0.6 is 0 Å². The van der Waals surface area contributed by atoms with Gasteiger partial charge in [0, 0.05) is 48.3 Å². The Bertz CT molecular complexity index is 5750. The number of aromatic nitrogens is 6. The number of allylic oxidation sites excluding steroid dienone is 5. The smallest absolute Gasteiger partial charge is 0.329 e. The first-order valence-corrected chi connectivity index (χ1v) is 48.5. The summed E-state index contributed by atoms with van der Waals surface area (Å²) in [6.07, 6.45) is 7.38. The van der Waals surface area contributed by atoms with E-state index < -0.39 is 194 Å². The van der Waals surface area contributed by atoms with Gasteiger partial charge in [0.1, 0.15) is 88.8 Å². The highest BCUT2D eigenvalue weighted by molar-refractivity contribution is 5.93. The van der Waals surface area contributed by atoms with Gasteiger partial charge in [-0.15, -0.1) is 0 Å². The van der Waals surface area contributed by atoms with Gasteiger partial charge in [0.05, 0.1) is 111 Å². The van der Waals surface area contributed by atoms with Crippen LogP contribution in [0.3, 0.4) is 0 Å². The van der Waals surface area contributed by atoms with Gasteiger partial charge in [0.25, 0.3) is 5.92 Å². The predicted molar refractivity (Wildman–Crippen MR) is 541 cm³/mol. The molecule has 6 aliphatic heterocycles. The van der Waals surface area contributed by atoms with Crippen molar-refractivity contribution in [1.82, 2.24) is 44.6 Å². The summed E-state index contributed by atoms with van der Waals surface area (Å²) in [5.74, 6) is -15.7. The van der Waals surface area contributed by atoms with Crippen molar-refractivity contribution in [2.24, 2.45) is 69.5 Å². The van der Waals surface area contributed by atoms with Crippen LogP contribution in [0.15, 0.2) is 85.0 Å². The van der Waals surface area contributed by atoms with Crippen molar-refractivity contribution in [3.05, 3.63) is 102 Å². The van der Waals surface area contributed by atoms with Crippen LogP contribution in [0, 0.1) is 69.5 Å².